The SMILES string of the molecule is CC(=Cc1ccccc1)C(=O)Nc1ccc(S(=O)(=O)NCC2CCCO2)cc1. The van der Waals surface area contributed by atoms with E-state index >= 15 is 0 Å². The topological polar surface area (TPSA) is 84.5 Å². The summed E-state index contributed by atoms with van der Waals surface area (Å²) in [5, 5.41) is 2.77. The molecule has 1 saturated heterocycles. The summed E-state index contributed by atoms with van der Waals surface area (Å²) in [6, 6.07) is 15.7. The molecule has 3 rings (SSSR count). The van der Waals surface area contributed by atoms with Gasteiger partial charge in [0.25, 0.3) is 5.91 Å². The number of nitrogens with one attached hydrogen (secondary N) is 2. The van der Waals surface area contributed by atoms with Crippen LogP contribution in [-0.4, -0.2) is 33.6 Å². The molecule has 7 heteroatoms. The summed E-state index contributed by atoms with van der Waals surface area (Å²) in [7, 11) is -3.60. The number of carbonyl (C=O) groups is 1. The second-order valence-corrected chi connectivity index (χ2v) is 8.47. The molecular weight excluding hydrogens is 376 g/mol. The molecule has 1 fully saturated rings. The van der Waals surface area contributed by atoms with Gasteiger partial charge in [-0.2, -0.15) is 0 Å². The van der Waals surface area contributed by atoms with Gasteiger partial charge >= 0.3 is 0 Å². The average Bonchev–Trinajstić information content (AvgIpc) is 3.21. The number of carbonyl (C=O) groups excluding carboxylic acids is 1. The fraction of sp³-hybridized carbons (Fsp3) is 0.286. The van der Waals surface area contributed by atoms with E-state index in [-0.39, 0.29) is 23.5 Å². The second kappa shape index (κ2) is 9.14. The van der Waals surface area contributed by atoms with Gasteiger partial charge < -0.3 is 10.1 Å². The van der Waals surface area contributed by atoms with Crippen molar-refractivity contribution >= 4 is 27.7 Å². The van der Waals surface area contributed by atoms with Crippen LogP contribution in [0.15, 0.2) is 65.1 Å². The summed E-state index contributed by atoms with van der Waals surface area (Å²) in [4.78, 5) is 12.5. The normalized spacial score (nSPS) is 17.5. The molecule has 0 saturated carbocycles. The van der Waals surface area contributed by atoms with E-state index in [2.05, 4.69) is 10.0 Å². The zero-order chi connectivity index (χ0) is 20.0. The number of rotatable bonds is 7. The van der Waals surface area contributed by atoms with Crippen molar-refractivity contribution in [1.82, 2.24) is 4.72 Å². The van der Waals surface area contributed by atoms with Crippen LogP contribution in [0, 0.1) is 0 Å². The number of benzene rings is 2. The maximum Gasteiger partial charge on any atom is 0.251 e. The van der Waals surface area contributed by atoms with Crippen LogP contribution in [0.1, 0.15) is 25.3 Å². The molecule has 6 nitrogen and oxygen atoms in total. The standard InChI is InChI=1S/C21H24N2O4S/c1-16(14-17-6-3-2-4-7-17)21(24)23-18-9-11-20(12-10-18)28(25,26)22-15-19-8-5-13-27-19/h2-4,6-7,9-12,14,19,22H,5,8,13,15H2,1H3,(H,23,24). The number of hydrogen-bond donors (Lipinski definition) is 2. The van der Waals surface area contributed by atoms with Crippen molar-refractivity contribution < 1.29 is 17.9 Å². The molecule has 1 aliphatic rings. The first-order chi connectivity index (χ1) is 13.4. The van der Waals surface area contributed by atoms with Crippen LogP contribution in [-0.2, 0) is 19.6 Å². The molecule has 1 unspecified atom stereocenters. The molecule has 148 valence electrons. The summed E-state index contributed by atoms with van der Waals surface area (Å²) >= 11 is 0. The Labute approximate surface area is 165 Å². The summed E-state index contributed by atoms with van der Waals surface area (Å²) in [5.41, 5.74) is 2.03. The predicted molar refractivity (Wildman–Crippen MR) is 109 cm³/mol. The third kappa shape index (κ3) is 5.51. The van der Waals surface area contributed by atoms with Gasteiger partial charge in [0.2, 0.25) is 10.0 Å². The molecule has 2 aromatic carbocycles. The van der Waals surface area contributed by atoms with Gasteiger partial charge in [-0.05, 0) is 55.7 Å². The molecule has 2 aromatic rings. The van der Waals surface area contributed by atoms with E-state index < -0.39 is 10.0 Å². The minimum atomic E-state index is -3.60. The summed E-state index contributed by atoms with van der Waals surface area (Å²) in [5.74, 6) is -0.240. The molecule has 0 spiro atoms. The molecule has 1 aliphatic heterocycles. The molecule has 1 atom stereocenters. The maximum absolute atomic E-state index is 12.4. The molecule has 1 heterocycles. The van der Waals surface area contributed by atoms with Gasteiger partial charge in [-0.15, -0.1) is 0 Å². The molecule has 1 amide bonds. The Morgan fingerprint density at radius 3 is 2.50 bits per heavy atom. The minimum absolute atomic E-state index is 0.0623. The molecule has 0 bridgehead atoms. The molecule has 2 N–H and O–H groups in total. The number of amides is 1. The van der Waals surface area contributed by atoms with E-state index in [1.165, 1.54) is 12.1 Å². The molecule has 0 aromatic heterocycles. The highest BCUT2D eigenvalue weighted by Gasteiger charge is 2.20. The molecular formula is C21H24N2O4S. The van der Waals surface area contributed by atoms with Gasteiger partial charge in [0, 0.05) is 24.4 Å². The Hall–Kier alpha value is -2.48. The number of hydrogen-bond acceptors (Lipinski definition) is 4. The number of anilines is 1. The zero-order valence-electron chi connectivity index (χ0n) is 15.7. The third-order valence-corrected chi connectivity index (χ3v) is 5.93. The lowest BCUT2D eigenvalue weighted by Crippen LogP contribution is -2.31. The zero-order valence-corrected chi connectivity index (χ0v) is 16.5. The quantitative estimate of drug-likeness (QED) is 0.699. The van der Waals surface area contributed by atoms with Crippen LogP contribution in [0.2, 0.25) is 0 Å². The van der Waals surface area contributed by atoms with E-state index in [0.717, 1.165) is 18.4 Å². The van der Waals surface area contributed by atoms with Crippen molar-refractivity contribution in [3.63, 3.8) is 0 Å². The summed E-state index contributed by atoms with van der Waals surface area (Å²) in [6.45, 7) is 2.68. The fourth-order valence-electron chi connectivity index (χ4n) is 2.90. The van der Waals surface area contributed by atoms with Crippen molar-refractivity contribution in [2.24, 2.45) is 0 Å². The van der Waals surface area contributed by atoms with Crippen molar-refractivity contribution in [2.45, 2.75) is 30.8 Å². The van der Waals surface area contributed by atoms with Gasteiger partial charge in [0.05, 0.1) is 11.0 Å². The lowest BCUT2D eigenvalue weighted by Gasteiger charge is -2.12. The van der Waals surface area contributed by atoms with Gasteiger partial charge in [0.1, 0.15) is 0 Å². The molecule has 28 heavy (non-hydrogen) atoms. The maximum atomic E-state index is 12.4. The van der Waals surface area contributed by atoms with Crippen LogP contribution < -0.4 is 10.0 Å². The Morgan fingerprint density at radius 2 is 1.86 bits per heavy atom. The Bertz CT molecular complexity index is 932. The van der Waals surface area contributed by atoms with Crippen molar-refractivity contribution in [3.05, 3.63) is 65.7 Å². The fourth-order valence-corrected chi connectivity index (χ4v) is 3.97. The van der Waals surface area contributed by atoms with E-state index in [9.17, 15) is 13.2 Å². The van der Waals surface area contributed by atoms with Gasteiger partial charge in [-0.3, -0.25) is 4.79 Å². The lowest BCUT2D eigenvalue weighted by atomic mass is 10.1. The van der Waals surface area contributed by atoms with Gasteiger partial charge in [-0.1, -0.05) is 30.3 Å². The largest absolute Gasteiger partial charge is 0.377 e. The van der Waals surface area contributed by atoms with Crippen molar-refractivity contribution in [2.75, 3.05) is 18.5 Å². The summed E-state index contributed by atoms with van der Waals surface area (Å²) < 4.78 is 32.7. The lowest BCUT2D eigenvalue weighted by molar-refractivity contribution is -0.112. The van der Waals surface area contributed by atoms with Crippen LogP contribution in [0.5, 0.6) is 0 Å². The molecule has 0 aliphatic carbocycles. The van der Waals surface area contributed by atoms with Crippen LogP contribution in [0.25, 0.3) is 6.08 Å². The van der Waals surface area contributed by atoms with Crippen LogP contribution in [0.3, 0.4) is 0 Å². The van der Waals surface area contributed by atoms with Crippen LogP contribution in [0.4, 0.5) is 5.69 Å². The Morgan fingerprint density at radius 1 is 1.14 bits per heavy atom. The second-order valence-electron chi connectivity index (χ2n) is 6.70. The first-order valence-electron chi connectivity index (χ1n) is 9.20. The predicted octanol–water partition coefficient (Wildman–Crippen LogP) is 3.19. The monoisotopic (exact) mass is 400 g/mol. The number of sulfonamides is 1. The minimum Gasteiger partial charge on any atom is -0.377 e. The highest BCUT2D eigenvalue weighted by molar-refractivity contribution is 7.89. The summed E-state index contributed by atoms with van der Waals surface area (Å²) in [6.07, 6.45) is 3.55. The number of ether oxygens (including phenoxy) is 1. The van der Waals surface area contributed by atoms with Gasteiger partial charge in [-0.25, -0.2) is 13.1 Å². The smallest absolute Gasteiger partial charge is 0.251 e. The van der Waals surface area contributed by atoms with E-state index in [4.69, 9.17) is 4.74 Å². The van der Waals surface area contributed by atoms with Crippen molar-refractivity contribution in [3.8, 4) is 0 Å². The van der Waals surface area contributed by atoms with Crippen molar-refractivity contribution in [1.29, 1.82) is 0 Å². The first kappa shape index (κ1) is 20.3. The highest BCUT2D eigenvalue weighted by Crippen LogP contribution is 2.17. The average molecular weight is 401 g/mol. The highest BCUT2D eigenvalue weighted by atomic mass is 32.2. The molecule has 0 radical (unpaired) electrons. The van der Waals surface area contributed by atoms with E-state index in [1.54, 1.807) is 25.1 Å². The first-order valence-corrected chi connectivity index (χ1v) is 10.7. The third-order valence-electron chi connectivity index (χ3n) is 4.49. The Balaban J connectivity index is 1.60. The van der Waals surface area contributed by atoms with E-state index in [1.807, 2.05) is 30.3 Å². The Kier molecular flexibility index (Phi) is 6.61. The van der Waals surface area contributed by atoms with Crippen LogP contribution >= 0.6 is 0 Å². The van der Waals surface area contributed by atoms with E-state index in [0.29, 0.717) is 17.9 Å². The van der Waals surface area contributed by atoms with Gasteiger partial charge in [0.15, 0.2) is 0 Å².